The monoisotopic (exact) mass is 521 g/mol. The fourth-order valence-corrected chi connectivity index (χ4v) is 4.74. The smallest absolute Gasteiger partial charge is 0.326 e. The molecule has 3 aromatic carbocycles. The van der Waals surface area contributed by atoms with E-state index < -0.39 is 23.6 Å². The topological polar surface area (TPSA) is 89.2 Å². The Morgan fingerprint density at radius 2 is 1.87 bits per heavy atom. The first kappa shape index (κ1) is 25.4. The minimum atomic E-state index is -0.995. The molecule has 0 saturated carbocycles. The summed E-state index contributed by atoms with van der Waals surface area (Å²) < 4.78 is 45.3. The zero-order valence-electron chi connectivity index (χ0n) is 20.6. The number of methoxy groups -OCH3 is 1. The van der Waals surface area contributed by atoms with Gasteiger partial charge in [0.2, 0.25) is 0 Å². The van der Waals surface area contributed by atoms with Crippen LogP contribution in [0.1, 0.15) is 34.5 Å². The minimum absolute atomic E-state index is 0.0467. The number of likely N-dealkylation sites (tertiary alicyclic amines) is 1. The number of carboxylic acid groups (broad SMARTS) is 1. The number of halogens is 2. The van der Waals surface area contributed by atoms with Gasteiger partial charge in [-0.1, -0.05) is 24.3 Å². The lowest BCUT2D eigenvalue weighted by atomic mass is 10.0. The highest BCUT2D eigenvalue weighted by molar-refractivity contribution is 5.97. The van der Waals surface area contributed by atoms with Crippen LogP contribution >= 0.6 is 0 Å². The first-order chi connectivity index (χ1) is 18.4. The van der Waals surface area contributed by atoms with Gasteiger partial charge in [-0.25, -0.2) is 13.6 Å². The molecule has 0 spiro atoms. The molecule has 196 valence electrons. The van der Waals surface area contributed by atoms with Crippen LogP contribution in [-0.2, 0) is 22.7 Å². The molecule has 1 aliphatic rings. The molecule has 7 nitrogen and oxygen atoms in total. The average Bonchev–Trinajstić information content (AvgIpc) is 3.58. The van der Waals surface area contributed by atoms with E-state index in [0.717, 1.165) is 11.6 Å². The second-order valence-electron chi connectivity index (χ2n) is 9.12. The highest BCUT2D eigenvalue weighted by Gasteiger charge is 2.34. The van der Waals surface area contributed by atoms with E-state index in [1.54, 1.807) is 42.5 Å². The van der Waals surface area contributed by atoms with E-state index in [2.05, 4.69) is 0 Å². The summed E-state index contributed by atoms with van der Waals surface area (Å²) in [5, 5.41) is 9.42. The minimum Gasteiger partial charge on any atom is -0.489 e. The third-order valence-corrected chi connectivity index (χ3v) is 6.58. The maximum absolute atomic E-state index is 14.3. The molecule has 1 atom stereocenters. The Kier molecular flexibility index (Phi) is 7.11. The van der Waals surface area contributed by atoms with Gasteiger partial charge < -0.3 is 23.9 Å². The summed E-state index contributed by atoms with van der Waals surface area (Å²) in [7, 11) is 1.49. The molecule has 1 aromatic heterocycles. The molecule has 0 unspecified atom stereocenters. The number of hydrogen-bond donors (Lipinski definition) is 1. The van der Waals surface area contributed by atoms with Gasteiger partial charge in [-0.2, -0.15) is 0 Å². The number of nitrogens with zero attached hydrogens (tertiary/aromatic N) is 1. The zero-order valence-corrected chi connectivity index (χ0v) is 20.6. The first-order valence-electron chi connectivity index (χ1n) is 12.1. The highest BCUT2D eigenvalue weighted by Crippen LogP contribution is 2.35. The van der Waals surface area contributed by atoms with Crippen LogP contribution in [0.25, 0.3) is 22.1 Å². The predicted molar refractivity (Wildman–Crippen MR) is 135 cm³/mol. The Hall–Kier alpha value is -4.24. The third-order valence-electron chi connectivity index (χ3n) is 6.58. The second kappa shape index (κ2) is 10.6. The molecule has 0 radical (unpaired) electrons. The number of hydrogen-bond acceptors (Lipinski definition) is 5. The molecule has 1 amide bonds. The van der Waals surface area contributed by atoms with Gasteiger partial charge in [0.1, 0.15) is 36.3 Å². The summed E-state index contributed by atoms with van der Waals surface area (Å²) in [6, 6.07) is 15.5. The van der Waals surface area contributed by atoms with Gasteiger partial charge in [-0.05, 0) is 60.4 Å². The Morgan fingerprint density at radius 3 is 2.61 bits per heavy atom. The van der Waals surface area contributed by atoms with E-state index in [0.29, 0.717) is 47.6 Å². The molecule has 0 aliphatic carbocycles. The molecule has 9 heteroatoms. The summed E-state index contributed by atoms with van der Waals surface area (Å²) in [6.45, 7) is 0.725. The SMILES string of the molecule is COCc1cc2c(F)c(F)cc(-c3ccc(OCc4cccc(C(=O)N5CCC[C@H]5C(=O)O)c4)cc3)c2o1. The largest absolute Gasteiger partial charge is 0.489 e. The fourth-order valence-electron chi connectivity index (χ4n) is 4.74. The fraction of sp³-hybridized carbons (Fsp3) is 0.241. The summed E-state index contributed by atoms with van der Waals surface area (Å²) in [5.41, 5.74) is 2.40. The van der Waals surface area contributed by atoms with E-state index in [-0.39, 0.29) is 30.1 Å². The average molecular weight is 522 g/mol. The van der Waals surface area contributed by atoms with Crippen molar-refractivity contribution in [3.63, 3.8) is 0 Å². The highest BCUT2D eigenvalue weighted by atomic mass is 19.2. The molecule has 2 heterocycles. The van der Waals surface area contributed by atoms with Crippen molar-refractivity contribution in [3.8, 4) is 16.9 Å². The van der Waals surface area contributed by atoms with Gasteiger partial charge in [-0.15, -0.1) is 0 Å². The molecule has 5 rings (SSSR count). The van der Waals surface area contributed by atoms with Gasteiger partial charge in [0.15, 0.2) is 11.6 Å². The molecule has 1 N–H and O–H groups in total. The van der Waals surface area contributed by atoms with Crippen LogP contribution in [0.2, 0.25) is 0 Å². The molecule has 1 saturated heterocycles. The van der Waals surface area contributed by atoms with Crippen molar-refractivity contribution in [1.82, 2.24) is 4.90 Å². The summed E-state index contributed by atoms with van der Waals surface area (Å²) in [4.78, 5) is 25.7. The van der Waals surface area contributed by atoms with Crippen molar-refractivity contribution in [2.75, 3.05) is 13.7 Å². The van der Waals surface area contributed by atoms with E-state index in [4.69, 9.17) is 13.9 Å². The zero-order chi connectivity index (χ0) is 26.8. The van der Waals surface area contributed by atoms with Crippen LogP contribution < -0.4 is 4.74 Å². The number of carbonyl (C=O) groups is 2. The first-order valence-corrected chi connectivity index (χ1v) is 12.1. The normalized spacial score (nSPS) is 15.2. The van der Waals surface area contributed by atoms with E-state index in [9.17, 15) is 23.5 Å². The molecule has 1 aliphatic heterocycles. The number of fused-ring (bicyclic) bond motifs is 1. The van der Waals surface area contributed by atoms with Crippen molar-refractivity contribution >= 4 is 22.8 Å². The van der Waals surface area contributed by atoms with Gasteiger partial charge >= 0.3 is 5.97 Å². The van der Waals surface area contributed by atoms with Crippen LogP contribution in [0.15, 0.2) is 65.1 Å². The molecular formula is C29H25F2NO6. The quantitative estimate of drug-likeness (QED) is 0.316. The van der Waals surface area contributed by atoms with Gasteiger partial charge in [0.05, 0.1) is 5.39 Å². The molecule has 1 fully saturated rings. The van der Waals surface area contributed by atoms with Gasteiger partial charge in [-0.3, -0.25) is 4.79 Å². The number of benzene rings is 3. The van der Waals surface area contributed by atoms with E-state index in [1.807, 2.05) is 6.07 Å². The molecular weight excluding hydrogens is 496 g/mol. The van der Waals surface area contributed by atoms with Crippen LogP contribution in [0.5, 0.6) is 5.75 Å². The summed E-state index contributed by atoms with van der Waals surface area (Å²) in [6.07, 6.45) is 1.11. The number of furan rings is 1. The predicted octanol–water partition coefficient (Wildman–Crippen LogP) is 5.79. The van der Waals surface area contributed by atoms with Gasteiger partial charge in [0.25, 0.3) is 5.91 Å². The van der Waals surface area contributed by atoms with Crippen molar-refractivity contribution in [1.29, 1.82) is 0 Å². The lowest BCUT2D eigenvalue weighted by molar-refractivity contribution is -0.141. The van der Waals surface area contributed by atoms with Crippen LogP contribution in [0.4, 0.5) is 8.78 Å². The van der Waals surface area contributed by atoms with Crippen molar-refractivity contribution < 1.29 is 37.4 Å². The van der Waals surface area contributed by atoms with E-state index in [1.165, 1.54) is 18.1 Å². The van der Waals surface area contributed by atoms with Crippen molar-refractivity contribution in [3.05, 3.63) is 89.2 Å². The lowest BCUT2D eigenvalue weighted by Gasteiger charge is -2.21. The number of ether oxygens (including phenoxy) is 2. The maximum Gasteiger partial charge on any atom is 0.326 e. The molecule has 0 bridgehead atoms. The number of aliphatic carboxylic acids is 1. The molecule has 4 aromatic rings. The maximum atomic E-state index is 14.3. The standard InChI is InChI=1S/C29H25F2NO6/c1-36-16-21-13-23-26(31)24(30)14-22(27(23)38-21)18-7-9-20(10-8-18)37-15-17-4-2-5-19(12-17)28(33)32-11-3-6-25(32)29(34)35/h2,4-5,7-10,12-14,25H,3,6,11,15-16H2,1H3,(H,34,35)/t25-/m0/s1. The summed E-state index contributed by atoms with van der Waals surface area (Å²) in [5.74, 6) is -2.34. The van der Waals surface area contributed by atoms with Crippen molar-refractivity contribution in [2.45, 2.75) is 32.1 Å². The number of carboxylic acids is 1. The lowest BCUT2D eigenvalue weighted by Crippen LogP contribution is -2.40. The molecule has 38 heavy (non-hydrogen) atoms. The van der Waals surface area contributed by atoms with Crippen LogP contribution in [0.3, 0.4) is 0 Å². The Bertz CT molecular complexity index is 1500. The Morgan fingerprint density at radius 1 is 1.08 bits per heavy atom. The number of amides is 1. The Labute approximate surface area is 217 Å². The third kappa shape index (κ3) is 4.97. The summed E-state index contributed by atoms with van der Waals surface area (Å²) >= 11 is 0. The van der Waals surface area contributed by atoms with Crippen LogP contribution in [-0.4, -0.2) is 41.6 Å². The van der Waals surface area contributed by atoms with Crippen LogP contribution in [0, 0.1) is 11.6 Å². The van der Waals surface area contributed by atoms with Gasteiger partial charge in [0, 0.05) is 24.8 Å². The number of rotatable bonds is 8. The second-order valence-corrected chi connectivity index (χ2v) is 9.12. The van der Waals surface area contributed by atoms with E-state index >= 15 is 0 Å². The van der Waals surface area contributed by atoms with Crippen molar-refractivity contribution in [2.24, 2.45) is 0 Å². The number of carbonyl (C=O) groups excluding carboxylic acids is 1. The Balaban J connectivity index is 1.31.